The number of aromatic nitrogens is 2. The minimum atomic E-state index is -1.54. The molecule has 1 heterocycles. The fourth-order valence-electron chi connectivity index (χ4n) is 1.83. The molecule has 0 aliphatic carbocycles. The Hall–Kier alpha value is -2.50. The summed E-state index contributed by atoms with van der Waals surface area (Å²) in [7, 11) is 0. The normalized spacial score (nSPS) is 11.1. The van der Waals surface area contributed by atoms with E-state index in [0.717, 1.165) is 12.1 Å². The van der Waals surface area contributed by atoms with Gasteiger partial charge in [0.1, 0.15) is 11.6 Å². The van der Waals surface area contributed by atoms with Gasteiger partial charge in [-0.15, -0.1) is 0 Å². The largest absolute Gasteiger partial charge is 0.508 e. The molecule has 3 aromatic rings. The summed E-state index contributed by atoms with van der Waals surface area (Å²) in [5.74, 6) is -4.01. The van der Waals surface area contributed by atoms with Crippen LogP contribution in [-0.2, 0) is 0 Å². The first kappa shape index (κ1) is 11.6. The number of phenolic OH excluding ortho intramolecular Hbond substituents is 1. The lowest BCUT2D eigenvalue weighted by molar-refractivity contribution is 0.448. The average Bonchev–Trinajstić information content (AvgIpc) is 2.78. The number of H-pyrrole nitrogens is 1. The predicted molar refractivity (Wildman–Crippen MR) is 63.1 cm³/mol. The Bertz CT molecular complexity index is 783. The standard InChI is InChI=1S/C13H7F3N2O/c14-8-3-2-7(11(15)12(8)16)13-17-9-4-1-6(19)5-10(9)18-13/h1-5,19H,(H,17,18). The van der Waals surface area contributed by atoms with Crippen molar-refractivity contribution in [1.29, 1.82) is 0 Å². The second-order valence-electron chi connectivity index (χ2n) is 4.01. The predicted octanol–water partition coefficient (Wildman–Crippen LogP) is 3.35. The quantitative estimate of drug-likeness (QED) is 0.662. The third-order valence-electron chi connectivity index (χ3n) is 2.76. The van der Waals surface area contributed by atoms with Crippen molar-refractivity contribution in [3.63, 3.8) is 0 Å². The molecule has 0 fully saturated rings. The van der Waals surface area contributed by atoms with E-state index in [1.165, 1.54) is 18.2 Å². The minimum Gasteiger partial charge on any atom is -0.508 e. The van der Waals surface area contributed by atoms with Gasteiger partial charge < -0.3 is 10.1 Å². The molecule has 19 heavy (non-hydrogen) atoms. The summed E-state index contributed by atoms with van der Waals surface area (Å²) in [6.07, 6.45) is 0. The molecule has 0 radical (unpaired) electrons. The number of aromatic hydroxyl groups is 1. The van der Waals surface area contributed by atoms with Crippen molar-refractivity contribution < 1.29 is 18.3 Å². The highest BCUT2D eigenvalue weighted by atomic mass is 19.2. The number of nitrogens with zero attached hydrogens (tertiary/aromatic N) is 1. The van der Waals surface area contributed by atoms with Gasteiger partial charge in [0.05, 0.1) is 16.6 Å². The van der Waals surface area contributed by atoms with Crippen molar-refractivity contribution in [2.24, 2.45) is 0 Å². The fraction of sp³-hybridized carbons (Fsp3) is 0. The van der Waals surface area contributed by atoms with E-state index in [2.05, 4.69) is 9.97 Å². The second-order valence-corrected chi connectivity index (χ2v) is 4.01. The van der Waals surface area contributed by atoms with Gasteiger partial charge in [-0.2, -0.15) is 0 Å². The van der Waals surface area contributed by atoms with E-state index >= 15 is 0 Å². The van der Waals surface area contributed by atoms with Crippen molar-refractivity contribution in [3.8, 4) is 17.1 Å². The first-order chi connectivity index (χ1) is 9.06. The lowest BCUT2D eigenvalue weighted by atomic mass is 10.2. The zero-order valence-corrected chi connectivity index (χ0v) is 9.42. The van der Waals surface area contributed by atoms with Crippen LogP contribution in [0.4, 0.5) is 13.2 Å². The summed E-state index contributed by atoms with van der Waals surface area (Å²) < 4.78 is 39.7. The Morgan fingerprint density at radius 2 is 1.79 bits per heavy atom. The molecule has 0 saturated heterocycles. The fourth-order valence-corrected chi connectivity index (χ4v) is 1.83. The van der Waals surface area contributed by atoms with Crippen molar-refractivity contribution in [2.45, 2.75) is 0 Å². The van der Waals surface area contributed by atoms with Gasteiger partial charge in [-0.3, -0.25) is 0 Å². The van der Waals surface area contributed by atoms with E-state index < -0.39 is 17.5 Å². The number of nitrogens with one attached hydrogen (secondary N) is 1. The van der Waals surface area contributed by atoms with E-state index in [9.17, 15) is 18.3 Å². The molecule has 2 N–H and O–H groups in total. The van der Waals surface area contributed by atoms with Gasteiger partial charge in [0.25, 0.3) is 0 Å². The van der Waals surface area contributed by atoms with E-state index in [4.69, 9.17) is 0 Å². The molecule has 96 valence electrons. The summed E-state index contributed by atoms with van der Waals surface area (Å²) in [4.78, 5) is 6.80. The molecule has 0 bridgehead atoms. The SMILES string of the molecule is Oc1ccc2nc(-c3ccc(F)c(F)c3F)[nH]c2c1. The number of imidazole rings is 1. The minimum absolute atomic E-state index is 0.0217. The molecule has 0 spiro atoms. The zero-order valence-electron chi connectivity index (χ0n) is 9.42. The number of hydrogen-bond donors (Lipinski definition) is 2. The van der Waals surface area contributed by atoms with Crippen LogP contribution in [0.15, 0.2) is 30.3 Å². The van der Waals surface area contributed by atoms with Gasteiger partial charge in [0.15, 0.2) is 17.5 Å². The lowest BCUT2D eigenvalue weighted by Crippen LogP contribution is -1.94. The number of phenols is 1. The molecule has 2 aromatic carbocycles. The number of hydrogen-bond acceptors (Lipinski definition) is 2. The third-order valence-corrected chi connectivity index (χ3v) is 2.76. The Balaban J connectivity index is 2.22. The molecule has 3 rings (SSSR count). The summed E-state index contributed by atoms with van der Waals surface area (Å²) in [5.41, 5.74) is 0.783. The van der Waals surface area contributed by atoms with Crippen molar-refractivity contribution in [2.75, 3.05) is 0 Å². The number of fused-ring (bicyclic) bond motifs is 1. The zero-order chi connectivity index (χ0) is 13.6. The Labute approximate surface area is 105 Å². The molecule has 0 atom stereocenters. The molecule has 0 unspecified atom stereocenters. The lowest BCUT2D eigenvalue weighted by Gasteiger charge is -2.00. The van der Waals surface area contributed by atoms with E-state index in [0.29, 0.717) is 11.0 Å². The van der Waals surface area contributed by atoms with E-state index in [-0.39, 0.29) is 17.1 Å². The Morgan fingerprint density at radius 3 is 2.58 bits per heavy atom. The first-order valence-corrected chi connectivity index (χ1v) is 5.39. The van der Waals surface area contributed by atoms with Gasteiger partial charge in [-0.25, -0.2) is 18.2 Å². The van der Waals surface area contributed by atoms with Gasteiger partial charge in [0, 0.05) is 6.07 Å². The molecular formula is C13H7F3N2O. The van der Waals surface area contributed by atoms with Crippen LogP contribution in [0, 0.1) is 17.5 Å². The average molecular weight is 264 g/mol. The summed E-state index contributed by atoms with van der Waals surface area (Å²) in [6, 6.07) is 6.30. The van der Waals surface area contributed by atoms with Gasteiger partial charge in [0.2, 0.25) is 0 Å². The molecule has 3 nitrogen and oxygen atoms in total. The van der Waals surface area contributed by atoms with Crippen LogP contribution in [-0.4, -0.2) is 15.1 Å². The van der Waals surface area contributed by atoms with Crippen LogP contribution in [0.2, 0.25) is 0 Å². The molecule has 0 saturated carbocycles. The second kappa shape index (κ2) is 4.01. The number of aromatic amines is 1. The molecule has 6 heteroatoms. The van der Waals surface area contributed by atoms with E-state index in [1.54, 1.807) is 0 Å². The summed E-state index contributed by atoms with van der Waals surface area (Å²) >= 11 is 0. The van der Waals surface area contributed by atoms with Gasteiger partial charge in [-0.1, -0.05) is 0 Å². The van der Waals surface area contributed by atoms with Crippen molar-refractivity contribution >= 4 is 11.0 Å². The van der Waals surface area contributed by atoms with Crippen LogP contribution >= 0.6 is 0 Å². The van der Waals surface area contributed by atoms with Crippen LogP contribution < -0.4 is 0 Å². The van der Waals surface area contributed by atoms with Crippen LogP contribution in [0.5, 0.6) is 5.75 Å². The maximum absolute atomic E-state index is 13.6. The van der Waals surface area contributed by atoms with Crippen LogP contribution in [0.1, 0.15) is 0 Å². The maximum Gasteiger partial charge on any atom is 0.195 e. The number of benzene rings is 2. The Kier molecular flexibility index (Phi) is 2.45. The highest BCUT2D eigenvalue weighted by molar-refractivity contribution is 5.80. The molecule has 1 aromatic heterocycles. The van der Waals surface area contributed by atoms with Crippen molar-refractivity contribution in [1.82, 2.24) is 9.97 Å². The molecule has 0 amide bonds. The molecule has 0 aliphatic heterocycles. The molecule has 0 aliphatic rings. The number of rotatable bonds is 1. The monoisotopic (exact) mass is 264 g/mol. The summed E-state index contributed by atoms with van der Waals surface area (Å²) in [6.45, 7) is 0. The molecular weight excluding hydrogens is 257 g/mol. The van der Waals surface area contributed by atoms with Crippen LogP contribution in [0.25, 0.3) is 22.4 Å². The highest BCUT2D eigenvalue weighted by Gasteiger charge is 2.17. The smallest absolute Gasteiger partial charge is 0.195 e. The van der Waals surface area contributed by atoms with Gasteiger partial charge >= 0.3 is 0 Å². The maximum atomic E-state index is 13.6. The van der Waals surface area contributed by atoms with Gasteiger partial charge in [-0.05, 0) is 24.3 Å². The van der Waals surface area contributed by atoms with Crippen LogP contribution in [0.3, 0.4) is 0 Å². The first-order valence-electron chi connectivity index (χ1n) is 5.39. The third kappa shape index (κ3) is 1.81. The highest BCUT2D eigenvalue weighted by Crippen LogP contribution is 2.27. The van der Waals surface area contributed by atoms with E-state index in [1.807, 2.05) is 0 Å². The Morgan fingerprint density at radius 1 is 1.00 bits per heavy atom. The summed E-state index contributed by atoms with van der Waals surface area (Å²) in [5, 5.41) is 9.31. The topological polar surface area (TPSA) is 48.9 Å². The number of halogens is 3. The van der Waals surface area contributed by atoms with Crippen molar-refractivity contribution in [3.05, 3.63) is 47.8 Å².